The van der Waals surface area contributed by atoms with E-state index in [1.54, 1.807) is 11.3 Å². The third-order valence-corrected chi connectivity index (χ3v) is 3.53. The number of aryl methyl sites for hydroxylation is 1. The average Bonchev–Trinajstić information content (AvgIpc) is 2.98. The molecule has 5 heteroatoms. The molecule has 2 aromatic heterocycles. The summed E-state index contributed by atoms with van der Waals surface area (Å²) in [6.07, 6.45) is 0. The van der Waals surface area contributed by atoms with E-state index in [1.807, 2.05) is 43.3 Å². The molecule has 0 unspecified atom stereocenters. The van der Waals surface area contributed by atoms with Crippen LogP contribution in [-0.4, -0.2) is 10.1 Å². The number of hydrogen-bond acceptors (Lipinski definition) is 5. The molecule has 3 rings (SSSR count). The van der Waals surface area contributed by atoms with Gasteiger partial charge in [0, 0.05) is 16.1 Å². The highest BCUT2D eigenvalue weighted by Gasteiger charge is 2.11. The fraction of sp³-hybridized carbons (Fsp3) is 0.0769. The largest absolute Gasteiger partial charge is 0.399 e. The Morgan fingerprint density at radius 2 is 1.89 bits per heavy atom. The summed E-state index contributed by atoms with van der Waals surface area (Å²) in [6, 6.07) is 11.4. The molecule has 0 amide bonds. The summed E-state index contributed by atoms with van der Waals surface area (Å²) in [5.41, 5.74) is 7.26. The smallest absolute Gasteiger partial charge is 0.268 e. The molecule has 0 atom stereocenters. The van der Waals surface area contributed by atoms with Gasteiger partial charge in [0.25, 0.3) is 5.89 Å². The van der Waals surface area contributed by atoms with E-state index in [9.17, 15) is 0 Å². The summed E-state index contributed by atoms with van der Waals surface area (Å²) in [4.78, 5) is 6.59. The van der Waals surface area contributed by atoms with Crippen LogP contribution in [0.4, 0.5) is 5.69 Å². The molecule has 0 aliphatic carbocycles. The van der Waals surface area contributed by atoms with E-state index >= 15 is 0 Å². The highest BCUT2D eigenvalue weighted by atomic mass is 32.1. The van der Waals surface area contributed by atoms with Crippen LogP contribution >= 0.6 is 11.3 Å². The molecule has 2 heterocycles. The van der Waals surface area contributed by atoms with Crippen molar-refractivity contribution in [3.63, 3.8) is 0 Å². The number of nitrogen functional groups attached to an aromatic ring is 1. The number of aromatic nitrogens is 2. The molecular weight excluding hydrogens is 246 g/mol. The van der Waals surface area contributed by atoms with E-state index in [0.29, 0.717) is 11.7 Å². The van der Waals surface area contributed by atoms with Crippen LogP contribution in [0.1, 0.15) is 4.88 Å². The number of nitrogens with two attached hydrogens (primary N) is 1. The first kappa shape index (κ1) is 11.0. The van der Waals surface area contributed by atoms with Gasteiger partial charge in [0.2, 0.25) is 5.82 Å². The maximum absolute atomic E-state index is 5.64. The van der Waals surface area contributed by atoms with Crippen molar-refractivity contribution in [2.45, 2.75) is 6.92 Å². The zero-order valence-corrected chi connectivity index (χ0v) is 10.6. The molecule has 1 aromatic carbocycles. The number of hydrogen-bond donors (Lipinski definition) is 1. The van der Waals surface area contributed by atoms with E-state index in [1.165, 1.54) is 4.88 Å². The number of thiophene rings is 1. The lowest BCUT2D eigenvalue weighted by Gasteiger charge is -1.94. The van der Waals surface area contributed by atoms with Crippen molar-refractivity contribution in [3.05, 3.63) is 41.3 Å². The van der Waals surface area contributed by atoms with Gasteiger partial charge in [-0.05, 0) is 43.3 Å². The van der Waals surface area contributed by atoms with Crippen LogP contribution in [0, 0.1) is 6.92 Å². The van der Waals surface area contributed by atoms with E-state index in [-0.39, 0.29) is 0 Å². The fourth-order valence-electron chi connectivity index (χ4n) is 1.62. The van der Waals surface area contributed by atoms with Crippen molar-refractivity contribution in [1.82, 2.24) is 10.1 Å². The molecule has 2 N–H and O–H groups in total. The van der Waals surface area contributed by atoms with Gasteiger partial charge in [-0.15, -0.1) is 11.3 Å². The lowest BCUT2D eigenvalue weighted by atomic mass is 10.2. The van der Waals surface area contributed by atoms with Crippen LogP contribution in [0.25, 0.3) is 22.2 Å². The predicted octanol–water partition coefficient (Wildman–Crippen LogP) is 3.36. The number of anilines is 1. The summed E-state index contributed by atoms with van der Waals surface area (Å²) < 4.78 is 5.27. The maximum atomic E-state index is 5.64. The lowest BCUT2D eigenvalue weighted by molar-refractivity contribution is 0.433. The molecule has 3 aromatic rings. The molecule has 0 saturated heterocycles. The first-order valence-electron chi connectivity index (χ1n) is 5.49. The molecule has 0 aliphatic heterocycles. The molecular formula is C13H11N3OS. The molecule has 0 fully saturated rings. The maximum Gasteiger partial charge on any atom is 0.268 e. The number of benzene rings is 1. The van der Waals surface area contributed by atoms with Gasteiger partial charge in [-0.25, -0.2) is 0 Å². The third-order valence-electron chi connectivity index (χ3n) is 2.55. The Morgan fingerprint density at radius 1 is 1.11 bits per heavy atom. The van der Waals surface area contributed by atoms with Crippen molar-refractivity contribution >= 4 is 17.0 Å². The number of nitrogens with zero attached hydrogens (tertiary/aromatic N) is 2. The van der Waals surface area contributed by atoms with Crippen LogP contribution < -0.4 is 5.73 Å². The minimum Gasteiger partial charge on any atom is -0.399 e. The summed E-state index contributed by atoms with van der Waals surface area (Å²) >= 11 is 1.64. The summed E-state index contributed by atoms with van der Waals surface area (Å²) in [6.45, 7) is 2.05. The van der Waals surface area contributed by atoms with E-state index in [4.69, 9.17) is 10.3 Å². The lowest BCUT2D eigenvalue weighted by Crippen LogP contribution is -1.85. The minimum atomic E-state index is 0.555. The standard InChI is InChI=1S/C13H11N3OS/c1-8-2-7-11(18-8)13-15-12(16-17-13)9-3-5-10(14)6-4-9/h2-7H,14H2,1H3. The predicted molar refractivity (Wildman–Crippen MR) is 72.2 cm³/mol. The topological polar surface area (TPSA) is 64.9 Å². The van der Waals surface area contributed by atoms with E-state index in [2.05, 4.69) is 10.1 Å². The molecule has 4 nitrogen and oxygen atoms in total. The minimum absolute atomic E-state index is 0.555. The van der Waals surface area contributed by atoms with Crippen molar-refractivity contribution in [2.75, 3.05) is 5.73 Å². The van der Waals surface area contributed by atoms with Gasteiger partial charge in [-0.2, -0.15) is 4.98 Å². The Morgan fingerprint density at radius 3 is 2.56 bits per heavy atom. The quantitative estimate of drug-likeness (QED) is 0.715. The van der Waals surface area contributed by atoms with Crippen LogP contribution in [0.2, 0.25) is 0 Å². The second-order valence-corrected chi connectivity index (χ2v) is 5.24. The highest BCUT2D eigenvalue weighted by molar-refractivity contribution is 7.15. The van der Waals surface area contributed by atoms with Crippen LogP contribution in [0.3, 0.4) is 0 Å². The van der Waals surface area contributed by atoms with Gasteiger partial charge in [0.15, 0.2) is 0 Å². The Hall–Kier alpha value is -2.14. The second kappa shape index (κ2) is 4.27. The SMILES string of the molecule is Cc1ccc(-c2nc(-c3ccc(N)cc3)no2)s1. The van der Waals surface area contributed by atoms with Crippen molar-refractivity contribution in [3.8, 4) is 22.2 Å². The van der Waals surface area contributed by atoms with Crippen molar-refractivity contribution in [1.29, 1.82) is 0 Å². The van der Waals surface area contributed by atoms with E-state index < -0.39 is 0 Å². The van der Waals surface area contributed by atoms with Gasteiger partial charge < -0.3 is 10.3 Å². The normalized spacial score (nSPS) is 10.7. The van der Waals surface area contributed by atoms with Crippen LogP contribution in [0.5, 0.6) is 0 Å². The zero-order chi connectivity index (χ0) is 12.5. The van der Waals surface area contributed by atoms with Gasteiger partial charge in [-0.3, -0.25) is 0 Å². The Labute approximate surface area is 108 Å². The summed E-state index contributed by atoms with van der Waals surface area (Å²) in [7, 11) is 0. The Balaban J connectivity index is 1.96. The average molecular weight is 257 g/mol. The summed E-state index contributed by atoms with van der Waals surface area (Å²) in [5.74, 6) is 1.14. The van der Waals surface area contributed by atoms with Crippen LogP contribution in [0.15, 0.2) is 40.9 Å². The van der Waals surface area contributed by atoms with Gasteiger partial charge >= 0.3 is 0 Å². The fourth-order valence-corrected chi connectivity index (χ4v) is 2.41. The van der Waals surface area contributed by atoms with Crippen molar-refractivity contribution in [2.24, 2.45) is 0 Å². The molecule has 0 aliphatic rings. The van der Waals surface area contributed by atoms with Gasteiger partial charge in [-0.1, -0.05) is 5.16 Å². The molecule has 0 bridgehead atoms. The first-order valence-corrected chi connectivity index (χ1v) is 6.30. The second-order valence-electron chi connectivity index (χ2n) is 3.96. The first-order chi connectivity index (χ1) is 8.72. The molecule has 0 saturated carbocycles. The third kappa shape index (κ3) is 2.00. The molecule has 18 heavy (non-hydrogen) atoms. The van der Waals surface area contributed by atoms with Crippen LogP contribution in [-0.2, 0) is 0 Å². The number of rotatable bonds is 2. The van der Waals surface area contributed by atoms with Gasteiger partial charge in [0.05, 0.1) is 4.88 Å². The Bertz CT molecular complexity index is 670. The zero-order valence-electron chi connectivity index (χ0n) is 9.75. The molecule has 90 valence electrons. The van der Waals surface area contributed by atoms with Crippen molar-refractivity contribution < 1.29 is 4.52 Å². The van der Waals surface area contributed by atoms with Gasteiger partial charge in [0.1, 0.15) is 0 Å². The molecule has 0 spiro atoms. The highest BCUT2D eigenvalue weighted by Crippen LogP contribution is 2.28. The Kier molecular flexibility index (Phi) is 2.60. The monoisotopic (exact) mass is 257 g/mol. The molecule has 0 radical (unpaired) electrons. The summed E-state index contributed by atoms with van der Waals surface area (Å²) in [5, 5.41) is 3.98. The van der Waals surface area contributed by atoms with E-state index in [0.717, 1.165) is 16.1 Å².